The van der Waals surface area contributed by atoms with E-state index in [1.165, 1.54) is 9.25 Å². The number of aryl methyl sites for hydroxylation is 2. The normalized spacial score (nSPS) is 17.5. The maximum atomic E-state index is 12.3. The predicted octanol–water partition coefficient (Wildman–Crippen LogP) is 0.919. The number of rotatable bonds is 3. The lowest BCUT2D eigenvalue weighted by Crippen LogP contribution is -2.33. The number of ether oxygens (including phenoxy) is 1. The minimum absolute atomic E-state index is 0.152. The molecule has 3 heterocycles. The van der Waals surface area contributed by atoms with Gasteiger partial charge in [0.2, 0.25) is 0 Å². The van der Waals surface area contributed by atoms with E-state index < -0.39 is 18.1 Å². The van der Waals surface area contributed by atoms with Gasteiger partial charge in [-0.1, -0.05) is 5.16 Å². The van der Waals surface area contributed by atoms with Crippen LogP contribution in [0.25, 0.3) is 0 Å². The number of nitrogens with zero attached hydrogens (tertiary/aromatic N) is 4. The van der Waals surface area contributed by atoms with Gasteiger partial charge >= 0.3 is 11.8 Å². The van der Waals surface area contributed by atoms with Crippen molar-refractivity contribution in [2.75, 3.05) is 0 Å². The van der Waals surface area contributed by atoms with E-state index in [1.807, 2.05) is 0 Å². The molecule has 1 aliphatic heterocycles. The van der Waals surface area contributed by atoms with Crippen molar-refractivity contribution in [3.05, 3.63) is 33.8 Å². The molecule has 0 saturated carbocycles. The molecule has 0 spiro atoms. The van der Waals surface area contributed by atoms with Crippen molar-refractivity contribution in [1.29, 1.82) is 0 Å². The Labute approximate surface area is 118 Å². The topological polar surface area (TPSA) is 112 Å². The lowest BCUT2D eigenvalue weighted by Gasteiger charge is -2.21. The van der Waals surface area contributed by atoms with Gasteiger partial charge in [-0.3, -0.25) is 0 Å². The summed E-state index contributed by atoms with van der Waals surface area (Å²) in [6, 6.07) is 1.72. The predicted molar refractivity (Wildman–Crippen MR) is 67.9 cm³/mol. The van der Waals surface area contributed by atoms with Crippen LogP contribution < -0.4 is 5.69 Å². The first kappa shape index (κ1) is 13.4. The van der Waals surface area contributed by atoms with Crippen LogP contribution >= 0.6 is 0 Å². The molecular weight excluding hydrogens is 280 g/mol. The molecule has 1 atom stereocenters. The van der Waals surface area contributed by atoms with Crippen LogP contribution in [0.5, 0.6) is 0 Å². The molecule has 2 aromatic heterocycles. The number of hydrogen-bond donors (Lipinski definition) is 1. The van der Waals surface area contributed by atoms with E-state index in [9.17, 15) is 9.59 Å². The summed E-state index contributed by atoms with van der Waals surface area (Å²) in [6.07, 6.45) is -0.429. The van der Waals surface area contributed by atoms with Crippen LogP contribution in [0.15, 0.2) is 15.4 Å². The molecule has 0 fully saturated rings. The maximum Gasteiger partial charge on any atom is 0.507 e. The van der Waals surface area contributed by atoms with E-state index in [2.05, 4.69) is 10.3 Å². The zero-order valence-corrected chi connectivity index (χ0v) is 11.4. The average Bonchev–Trinajstić information content (AvgIpc) is 2.95. The summed E-state index contributed by atoms with van der Waals surface area (Å²) in [5.74, 6) is 1.04. The molecular formula is C12H14N4O5. The van der Waals surface area contributed by atoms with Gasteiger partial charge in [0, 0.05) is 18.9 Å². The Hall–Kier alpha value is -2.58. The zero-order chi connectivity index (χ0) is 15.0. The summed E-state index contributed by atoms with van der Waals surface area (Å²) in [6.45, 7) is 1.93. The van der Waals surface area contributed by atoms with Gasteiger partial charge in [-0.2, -0.15) is 5.10 Å². The van der Waals surface area contributed by atoms with E-state index in [0.29, 0.717) is 30.1 Å². The number of fused-ring (bicyclic) bond motifs is 1. The van der Waals surface area contributed by atoms with Crippen molar-refractivity contribution in [3.63, 3.8) is 0 Å². The molecule has 9 heteroatoms. The monoisotopic (exact) mass is 294 g/mol. The third kappa shape index (κ3) is 2.54. The van der Waals surface area contributed by atoms with E-state index in [0.717, 1.165) is 6.42 Å². The number of carboxylic acid groups (broad SMARTS) is 1. The van der Waals surface area contributed by atoms with Crippen LogP contribution in [0, 0.1) is 6.92 Å². The highest BCUT2D eigenvalue weighted by molar-refractivity contribution is 5.56. The first-order chi connectivity index (χ1) is 10.0. The summed E-state index contributed by atoms with van der Waals surface area (Å²) in [7, 11) is 0. The van der Waals surface area contributed by atoms with Gasteiger partial charge in [-0.15, -0.1) is 0 Å². The van der Waals surface area contributed by atoms with Gasteiger partial charge in [-0.05, 0) is 13.3 Å². The van der Waals surface area contributed by atoms with Gasteiger partial charge < -0.3 is 14.4 Å². The molecule has 0 saturated heterocycles. The Morgan fingerprint density at radius 3 is 3.10 bits per heavy atom. The second-order valence-electron chi connectivity index (χ2n) is 4.89. The van der Waals surface area contributed by atoms with Crippen LogP contribution in [-0.4, -0.2) is 30.8 Å². The molecule has 9 nitrogen and oxygen atoms in total. The highest BCUT2D eigenvalue weighted by Gasteiger charge is 2.28. The third-order valence-electron chi connectivity index (χ3n) is 3.30. The van der Waals surface area contributed by atoms with Crippen molar-refractivity contribution in [2.45, 2.75) is 39.0 Å². The van der Waals surface area contributed by atoms with Crippen molar-refractivity contribution >= 4 is 6.16 Å². The summed E-state index contributed by atoms with van der Waals surface area (Å²) in [5, 5.41) is 16.7. The average molecular weight is 294 g/mol. The second kappa shape index (κ2) is 5.08. The number of hydrogen-bond acceptors (Lipinski definition) is 6. The SMILES string of the molecule is Cc1cc(Cn2nc3n(c2=O)C(OC(=O)O)CCC3)on1. The summed E-state index contributed by atoms with van der Waals surface area (Å²) in [5.41, 5.74) is 0.305. The van der Waals surface area contributed by atoms with Crippen LogP contribution in [0.4, 0.5) is 4.79 Å². The largest absolute Gasteiger partial charge is 0.507 e. The maximum absolute atomic E-state index is 12.3. The van der Waals surface area contributed by atoms with E-state index in [4.69, 9.17) is 14.4 Å². The fourth-order valence-corrected chi connectivity index (χ4v) is 2.46. The number of aromatic nitrogens is 4. The van der Waals surface area contributed by atoms with Crippen molar-refractivity contribution in [1.82, 2.24) is 19.5 Å². The molecule has 3 rings (SSSR count). The van der Waals surface area contributed by atoms with Crippen molar-refractivity contribution < 1.29 is 19.2 Å². The summed E-state index contributed by atoms with van der Waals surface area (Å²) < 4.78 is 12.3. The van der Waals surface area contributed by atoms with Crippen LogP contribution in [-0.2, 0) is 17.7 Å². The molecule has 2 aromatic rings. The minimum atomic E-state index is -1.40. The van der Waals surface area contributed by atoms with E-state index >= 15 is 0 Å². The molecule has 0 aromatic carbocycles. The van der Waals surface area contributed by atoms with Gasteiger partial charge in [-0.25, -0.2) is 18.8 Å². The standard InChI is InChI=1S/C12H14N4O5/c1-7-5-8(21-14-7)6-15-11(17)16-9(13-15)3-2-4-10(16)20-12(18)19/h5,10H,2-4,6H2,1H3,(H,18,19). The Morgan fingerprint density at radius 2 is 2.43 bits per heavy atom. The first-order valence-electron chi connectivity index (χ1n) is 6.54. The Kier molecular flexibility index (Phi) is 3.24. The minimum Gasteiger partial charge on any atom is -0.450 e. The highest BCUT2D eigenvalue weighted by atomic mass is 16.7. The zero-order valence-electron chi connectivity index (χ0n) is 11.4. The molecule has 0 amide bonds. The highest BCUT2D eigenvalue weighted by Crippen LogP contribution is 2.23. The van der Waals surface area contributed by atoms with Crippen LogP contribution in [0.2, 0.25) is 0 Å². The van der Waals surface area contributed by atoms with Crippen molar-refractivity contribution in [3.8, 4) is 0 Å². The Bertz CT molecular complexity index is 728. The quantitative estimate of drug-likeness (QED) is 0.837. The smallest absolute Gasteiger partial charge is 0.450 e. The summed E-state index contributed by atoms with van der Waals surface area (Å²) in [4.78, 5) is 23.0. The Morgan fingerprint density at radius 1 is 1.62 bits per heavy atom. The molecule has 0 bridgehead atoms. The molecule has 0 radical (unpaired) electrons. The summed E-state index contributed by atoms with van der Waals surface area (Å²) >= 11 is 0. The van der Waals surface area contributed by atoms with Crippen LogP contribution in [0.3, 0.4) is 0 Å². The van der Waals surface area contributed by atoms with Gasteiger partial charge in [0.15, 0.2) is 12.0 Å². The lowest BCUT2D eigenvalue weighted by molar-refractivity contribution is 0.00391. The van der Waals surface area contributed by atoms with Gasteiger partial charge in [0.05, 0.1) is 5.69 Å². The van der Waals surface area contributed by atoms with E-state index in [-0.39, 0.29) is 6.54 Å². The molecule has 1 unspecified atom stereocenters. The molecule has 1 N–H and O–H groups in total. The first-order valence-corrected chi connectivity index (χ1v) is 6.54. The number of carbonyl (C=O) groups is 1. The molecule has 21 heavy (non-hydrogen) atoms. The van der Waals surface area contributed by atoms with Gasteiger partial charge in [0.25, 0.3) is 0 Å². The molecule has 1 aliphatic rings. The Balaban J connectivity index is 1.92. The van der Waals surface area contributed by atoms with Crippen LogP contribution in [0.1, 0.15) is 36.3 Å². The lowest BCUT2D eigenvalue weighted by atomic mass is 10.1. The third-order valence-corrected chi connectivity index (χ3v) is 3.30. The fraction of sp³-hybridized carbons (Fsp3) is 0.500. The van der Waals surface area contributed by atoms with Gasteiger partial charge in [0.1, 0.15) is 12.4 Å². The molecule has 0 aliphatic carbocycles. The van der Waals surface area contributed by atoms with Crippen molar-refractivity contribution in [2.24, 2.45) is 0 Å². The second-order valence-corrected chi connectivity index (χ2v) is 4.89. The fourth-order valence-electron chi connectivity index (χ4n) is 2.46. The molecule has 112 valence electrons. The van der Waals surface area contributed by atoms with E-state index in [1.54, 1.807) is 13.0 Å².